The third-order valence-corrected chi connectivity index (χ3v) is 3.83. The molecule has 0 bridgehead atoms. The van der Waals surface area contributed by atoms with Crippen LogP contribution in [-0.4, -0.2) is 17.8 Å². The first kappa shape index (κ1) is 11.6. The van der Waals surface area contributed by atoms with Crippen LogP contribution in [0.1, 0.15) is 42.1 Å². The van der Waals surface area contributed by atoms with Crippen molar-refractivity contribution in [1.82, 2.24) is 0 Å². The first-order valence-corrected chi connectivity index (χ1v) is 5.89. The van der Waals surface area contributed by atoms with E-state index in [2.05, 4.69) is 25.1 Å². The van der Waals surface area contributed by atoms with E-state index in [9.17, 15) is 5.11 Å². The summed E-state index contributed by atoms with van der Waals surface area (Å²) < 4.78 is 5.53. The van der Waals surface area contributed by atoms with Gasteiger partial charge in [-0.05, 0) is 44.2 Å². The predicted octanol–water partition coefficient (Wildman–Crippen LogP) is 2.91. The molecule has 1 saturated carbocycles. The molecule has 1 aliphatic rings. The lowest BCUT2D eigenvalue weighted by Crippen LogP contribution is -2.45. The molecule has 88 valence electrons. The van der Waals surface area contributed by atoms with Crippen molar-refractivity contribution in [2.75, 3.05) is 7.11 Å². The summed E-state index contributed by atoms with van der Waals surface area (Å²) >= 11 is 0. The number of hydrogen-bond donors (Lipinski definition) is 1. The minimum Gasteiger partial charge on any atom is -0.385 e. The largest absolute Gasteiger partial charge is 0.385 e. The predicted molar refractivity (Wildman–Crippen MR) is 64.5 cm³/mol. The third kappa shape index (κ3) is 1.76. The van der Waals surface area contributed by atoms with Gasteiger partial charge in [-0.25, -0.2) is 0 Å². The molecule has 2 heteroatoms. The van der Waals surface area contributed by atoms with E-state index in [-0.39, 0.29) is 5.60 Å². The zero-order valence-corrected chi connectivity index (χ0v) is 10.3. The molecule has 1 atom stereocenters. The number of methoxy groups -OCH3 is 1. The number of rotatable bonds is 3. The van der Waals surface area contributed by atoms with Crippen LogP contribution < -0.4 is 0 Å². The molecule has 1 N–H and O–H groups in total. The van der Waals surface area contributed by atoms with Gasteiger partial charge in [0.2, 0.25) is 0 Å². The van der Waals surface area contributed by atoms with Crippen molar-refractivity contribution in [2.24, 2.45) is 0 Å². The minimum absolute atomic E-state index is 0.335. The minimum atomic E-state index is -0.494. The van der Waals surface area contributed by atoms with Crippen LogP contribution in [-0.2, 0) is 4.74 Å². The van der Waals surface area contributed by atoms with E-state index < -0.39 is 6.10 Å². The van der Waals surface area contributed by atoms with Crippen molar-refractivity contribution in [3.05, 3.63) is 34.9 Å². The Bertz CT molecular complexity index is 375. The number of aliphatic hydroxyl groups excluding tert-OH is 1. The highest BCUT2D eigenvalue weighted by Gasteiger charge is 2.44. The Hall–Kier alpha value is -0.860. The maximum atomic E-state index is 10.5. The normalized spacial score (nSPS) is 20.2. The Labute approximate surface area is 97.3 Å². The Morgan fingerprint density at radius 2 is 2.00 bits per heavy atom. The smallest absolute Gasteiger partial charge is 0.108 e. The Kier molecular flexibility index (Phi) is 3.04. The molecule has 1 fully saturated rings. The van der Waals surface area contributed by atoms with Crippen LogP contribution in [0.2, 0.25) is 0 Å². The van der Waals surface area contributed by atoms with Crippen LogP contribution in [0.4, 0.5) is 0 Å². The zero-order chi connectivity index (χ0) is 11.8. The van der Waals surface area contributed by atoms with Crippen molar-refractivity contribution in [3.63, 3.8) is 0 Å². The lowest BCUT2D eigenvalue weighted by molar-refractivity contribution is -0.152. The molecule has 0 heterocycles. The molecule has 1 aliphatic carbocycles. The molecule has 0 aromatic heterocycles. The van der Waals surface area contributed by atoms with E-state index in [4.69, 9.17) is 4.74 Å². The molecular formula is C14H20O2. The molecule has 0 amide bonds. The van der Waals surface area contributed by atoms with Gasteiger partial charge in [-0.3, -0.25) is 0 Å². The topological polar surface area (TPSA) is 29.5 Å². The number of hydrogen-bond acceptors (Lipinski definition) is 2. The molecule has 1 aromatic rings. The van der Waals surface area contributed by atoms with Crippen LogP contribution in [0.15, 0.2) is 18.2 Å². The average Bonchev–Trinajstić information content (AvgIpc) is 2.21. The van der Waals surface area contributed by atoms with E-state index in [0.29, 0.717) is 0 Å². The molecule has 1 aromatic carbocycles. The number of aryl methyl sites for hydroxylation is 2. The second kappa shape index (κ2) is 4.19. The fourth-order valence-electron chi connectivity index (χ4n) is 2.45. The highest BCUT2D eigenvalue weighted by molar-refractivity contribution is 5.34. The Morgan fingerprint density at radius 3 is 2.50 bits per heavy atom. The zero-order valence-electron chi connectivity index (χ0n) is 10.3. The highest BCUT2D eigenvalue weighted by atomic mass is 16.5. The van der Waals surface area contributed by atoms with Crippen molar-refractivity contribution in [2.45, 2.75) is 44.8 Å². The second-order valence-electron chi connectivity index (χ2n) is 4.89. The van der Waals surface area contributed by atoms with Crippen LogP contribution in [0.5, 0.6) is 0 Å². The maximum absolute atomic E-state index is 10.5. The lowest BCUT2D eigenvalue weighted by Gasteiger charge is -2.44. The van der Waals surface area contributed by atoms with E-state index >= 15 is 0 Å². The number of benzene rings is 1. The van der Waals surface area contributed by atoms with Gasteiger partial charge in [0.05, 0.1) is 5.60 Å². The van der Waals surface area contributed by atoms with Crippen molar-refractivity contribution in [3.8, 4) is 0 Å². The van der Waals surface area contributed by atoms with Crippen LogP contribution in [0, 0.1) is 13.8 Å². The summed E-state index contributed by atoms with van der Waals surface area (Å²) in [6, 6.07) is 6.21. The highest BCUT2D eigenvalue weighted by Crippen LogP contribution is 2.45. The molecule has 0 radical (unpaired) electrons. The first-order chi connectivity index (χ1) is 7.59. The maximum Gasteiger partial charge on any atom is 0.108 e. The summed E-state index contributed by atoms with van der Waals surface area (Å²) in [5.74, 6) is 0. The van der Waals surface area contributed by atoms with Gasteiger partial charge in [0.15, 0.2) is 0 Å². The summed E-state index contributed by atoms with van der Waals surface area (Å²) in [7, 11) is 1.70. The second-order valence-corrected chi connectivity index (χ2v) is 4.89. The van der Waals surface area contributed by atoms with E-state index in [1.807, 2.05) is 6.92 Å². The van der Waals surface area contributed by atoms with Gasteiger partial charge >= 0.3 is 0 Å². The number of ether oxygens (including phenoxy) is 1. The fraction of sp³-hybridized carbons (Fsp3) is 0.571. The average molecular weight is 220 g/mol. The SMILES string of the molecule is COC1(C(O)c2cc(C)ccc2C)CCC1. The third-order valence-electron chi connectivity index (χ3n) is 3.83. The Balaban J connectivity index is 2.32. The monoisotopic (exact) mass is 220 g/mol. The molecule has 0 saturated heterocycles. The van der Waals surface area contributed by atoms with Crippen LogP contribution in [0.25, 0.3) is 0 Å². The van der Waals surface area contributed by atoms with Crippen LogP contribution in [0.3, 0.4) is 0 Å². The lowest BCUT2D eigenvalue weighted by atomic mass is 9.73. The Morgan fingerprint density at radius 1 is 1.31 bits per heavy atom. The summed E-state index contributed by atoms with van der Waals surface area (Å²) in [6.07, 6.45) is 2.57. The van der Waals surface area contributed by atoms with Gasteiger partial charge in [-0.15, -0.1) is 0 Å². The van der Waals surface area contributed by atoms with Gasteiger partial charge in [0, 0.05) is 7.11 Å². The quantitative estimate of drug-likeness (QED) is 0.848. The van der Waals surface area contributed by atoms with Gasteiger partial charge in [-0.2, -0.15) is 0 Å². The van der Waals surface area contributed by atoms with E-state index in [0.717, 1.165) is 30.4 Å². The van der Waals surface area contributed by atoms with Crippen molar-refractivity contribution >= 4 is 0 Å². The van der Waals surface area contributed by atoms with Gasteiger partial charge in [0.1, 0.15) is 6.10 Å². The van der Waals surface area contributed by atoms with E-state index in [1.165, 1.54) is 5.56 Å². The fourth-order valence-corrected chi connectivity index (χ4v) is 2.45. The molecular weight excluding hydrogens is 200 g/mol. The van der Waals surface area contributed by atoms with E-state index in [1.54, 1.807) is 7.11 Å². The molecule has 1 unspecified atom stereocenters. The number of aliphatic hydroxyl groups is 1. The molecule has 16 heavy (non-hydrogen) atoms. The first-order valence-electron chi connectivity index (χ1n) is 5.89. The van der Waals surface area contributed by atoms with Gasteiger partial charge in [-0.1, -0.05) is 23.8 Å². The molecule has 2 rings (SSSR count). The molecule has 0 aliphatic heterocycles. The van der Waals surface area contributed by atoms with Crippen molar-refractivity contribution < 1.29 is 9.84 Å². The van der Waals surface area contributed by atoms with Gasteiger partial charge in [0.25, 0.3) is 0 Å². The summed E-state index contributed by atoms with van der Waals surface area (Å²) in [4.78, 5) is 0. The van der Waals surface area contributed by atoms with Gasteiger partial charge < -0.3 is 9.84 Å². The summed E-state index contributed by atoms with van der Waals surface area (Å²) in [5, 5.41) is 10.5. The molecule has 0 spiro atoms. The molecule has 2 nitrogen and oxygen atoms in total. The van der Waals surface area contributed by atoms with Crippen molar-refractivity contribution in [1.29, 1.82) is 0 Å². The standard InChI is InChI=1S/C14H20O2/c1-10-5-6-11(2)12(9-10)13(15)14(16-3)7-4-8-14/h5-6,9,13,15H,4,7-8H2,1-3H3. The summed E-state index contributed by atoms with van der Waals surface area (Å²) in [5.41, 5.74) is 3.01. The van der Waals surface area contributed by atoms with Crippen LogP contribution >= 0.6 is 0 Å². The summed E-state index contributed by atoms with van der Waals surface area (Å²) in [6.45, 7) is 4.09.